The summed E-state index contributed by atoms with van der Waals surface area (Å²) in [5, 5.41) is 106. The summed E-state index contributed by atoms with van der Waals surface area (Å²) >= 11 is 7.99. The fourth-order valence-electron chi connectivity index (χ4n) is 9.69. The van der Waals surface area contributed by atoms with Crippen molar-refractivity contribution in [3.8, 4) is 0 Å². The van der Waals surface area contributed by atoms with Crippen LogP contribution in [0, 0.1) is 23.7 Å². The van der Waals surface area contributed by atoms with Gasteiger partial charge in [0.25, 0.3) is 11.8 Å². The molecule has 5 heterocycles. The van der Waals surface area contributed by atoms with Gasteiger partial charge in [-0.05, 0) is 18.3 Å². The van der Waals surface area contributed by atoms with Gasteiger partial charge < -0.3 is 140 Å². The number of carboxylic acid groups (broad SMARTS) is 2. The van der Waals surface area contributed by atoms with E-state index in [-0.39, 0.29) is 99.4 Å². The molecule has 2 bridgehead atoms. The maximum atomic E-state index is 12.2. The van der Waals surface area contributed by atoms with Crippen LogP contribution in [0.3, 0.4) is 0 Å². The van der Waals surface area contributed by atoms with E-state index in [1.165, 1.54) is 13.8 Å². The van der Waals surface area contributed by atoms with Gasteiger partial charge in [-0.1, -0.05) is 42.9 Å². The van der Waals surface area contributed by atoms with E-state index in [0.29, 0.717) is 10.4 Å². The summed E-state index contributed by atoms with van der Waals surface area (Å²) in [5.41, 5.74) is 39.5. The number of ether oxygens (including phenoxy) is 6. The molecule has 5 aliphatic heterocycles. The number of aliphatic hydroxyl groups excluding tert-OH is 8. The Morgan fingerprint density at radius 2 is 1.09 bits per heavy atom. The van der Waals surface area contributed by atoms with Crippen LogP contribution in [-0.4, -0.2) is 274 Å². The lowest BCUT2D eigenvalue weighted by molar-refractivity contribution is -0.313. The summed E-state index contributed by atoms with van der Waals surface area (Å²) in [6.07, 6.45) is -18.4. The topological polar surface area (TPSA) is 625 Å². The van der Waals surface area contributed by atoms with Gasteiger partial charge in [0.2, 0.25) is 17.7 Å². The predicted octanol–water partition coefficient (Wildman–Crippen LogP) is -9.46. The SMILES string of the molecule is C.C.CC(=O)NC(CSCCC(=O)NCC1O[C@@H](O[C@@H]2C(N)O[C@@H](N)C(O)[C@H]2O)C(N)[C@@H](O)[C@@H]1O)C(=O)O.CC(=O)N[C@@H](CS)C(=O)O.NCC1O[C@H](O[C@@H]2C(N)O[C@@H](N)C(O)[C@H]2O)C(N)[C@@H](O)[C@@H]1O.O=C(CCBr)ON1C(=O)[C@@H]2C3C=CC(C3)[C@@H]2C1=O. The molecular weight excluding hydrogens is 1290 g/mol. The lowest BCUT2D eigenvalue weighted by Crippen LogP contribution is -2.68. The highest BCUT2D eigenvalue weighted by molar-refractivity contribution is 9.09. The molecule has 0 aromatic rings. The Bertz CT molecular complexity index is 2310. The molecule has 2 aliphatic carbocycles. The van der Waals surface area contributed by atoms with Crippen molar-refractivity contribution in [2.24, 2.45) is 63.8 Å². The van der Waals surface area contributed by atoms with E-state index >= 15 is 0 Å². The maximum absolute atomic E-state index is 12.2. The van der Waals surface area contributed by atoms with Gasteiger partial charge in [0.15, 0.2) is 12.6 Å². The van der Waals surface area contributed by atoms with Crippen LogP contribution in [0.15, 0.2) is 12.2 Å². The van der Waals surface area contributed by atoms with Gasteiger partial charge in [-0.2, -0.15) is 24.4 Å². The fraction of sp³-hybridized carbons (Fsp3) is 0.796. The Morgan fingerprint density at radius 1 is 0.659 bits per heavy atom. The monoisotopic (exact) mass is 1370 g/mol. The zero-order valence-electron chi connectivity index (χ0n) is 46.3. The molecule has 26 atom stereocenters. The van der Waals surface area contributed by atoms with E-state index in [0.717, 1.165) is 18.2 Å². The van der Waals surface area contributed by atoms with E-state index < -0.39 is 165 Å². The first-order valence-corrected chi connectivity index (χ1v) is 29.6. The number of fused-ring (bicyclic) bond motifs is 5. The van der Waals surface area contributed by atoms with Crippen molar-refractivity contribution in [3.63, 3.8) is 0 Å². The third-order valence-corrected chi connectivity index (χ3v) is 16.2. The Morgan fingerprint density at radius 3 is 1.49 bits per heavy atom. The summed E-state index contributed by atoms with van der Waals surface area (Å²) in [6, 6.07) is -4.32. The molecule has 36 nitrogen and oxygen atoms in total. The molecule has 0 spiro atoms. The van der Waals surface area contributed by atoms with Gasteiger partial charge in [-0.3, -0.25) is 24.0 Å². The molecule has 0 radical (unpaired) electrons. The van der Waals surface area contributed by atoms with Gasteiger partial charge in [-0.25, -0.2) is 14.4 Å². The lowest BCUT2D eigenvalue weighted by atomic mass is 9.85. The highest BCUT2D eigenvalue weighted by Crippen LogP contribution is 2.52. The predicted molar refractivity (Wildman–Crippen MR) is 311 cm³/mol. The highest BCUT2D eigenvalue weighted by Gasteiger charge is 2.61. The molecule has 5 amide bonds. The van der Waals surface area contributed by atoms with Gasteiger partial charge >= 0.3 is 17.9 Å². The van der Waals surface area contributed by atoms with Crippen molar-refractivity contribution < 1.29 is 123 Å². The van der Waals surface area contributed by atoms with Crippen molar-refractivity contribution in [3.05, 3.63) is 12.2 Å². The Balaban J connectivity index is 0.000000433. The Labute approximate surface area is 523 Å². The molecule has 7 aliphatic rings. The summed E-state index contributed by atoms with van der Waals surface area (Å²) in [7, 11) is 0. The summed E-state index contributed by atoms with van der Waals surface area (Å²) in [4.78, 5) is 95.3. The molecule has 88 heavy (non-hydrogen) atoms. The first-order valence-electron chi connectivity index (χ1n) is 26.7. The van der Waals surface area contributed by atoms with Gasteiger partial charge in [0, 0.05) is 55.9 Å². The number of rotatable bonds is 20. The number of thioether (sulfide) groups is 1. The maximum Gasteiger partial charge on any atom is 0.334 e. The van der Waals surface area contributed by atoms with Crippen molar-refractivity contribution in [2.45, 2.75) is 183 Å². The van der Waals surface area contributed by atoms with E-state index in [9.17, 15) is 79.2 Å². The number of nitrogens with zero attached hydrogens (tertiary/aromatic N) is 1. The van der Waals surface area contributed by atoms with Crippen LogP contribution in [0.2, 0.25) is 0 Å². The Kier molecular flexibility index (Phi) is 33.6. The summed E-state index contributed by atoms with van der Waals surface area (Å²) in [6.45, 7) is 2.15. The fourth-order valence-corrected chi connectivity index (χ4v) is 11.2. The number of nitrogens with one attached hydrogen (secondary N) is 3. The number of aliphatic hydroxyl groups is 8. The number of halogens is 1. The number of carbonyl (C=O) groups is 8. The second-order valence-corrected chi connectivity index (χ2v) is 22.9. The quantitative estimate of drug-likeness (QED) is 0.0177. The van der Waals surface area contributed by atoms with Crippen molar-refractivity contribution in [2.75, 3.05) is 35.7 Å². The molecular formula is C49H88BrN11O25S2. The normalized spacial score (nSPS) is 37.6. The van der Waals surface area contributed by atoms with E-state index in [2.05, 4.69) is 44.5 Å². The number of thiol groups is 1. The number of allylic oxidation sites excluding steroid dienone is 2. The van der Waals surface area contributed by atoms with Crippen LogP contribution in [0.5, 0.6) is 0 Å². The number of hydrogen-bond donors (Lipinski definition) is 21. The number of carbonyl (C=O) groups excluding carboxylic acids is 6. The number of hydrogen-bond acceptors (Lipinski definition) is 32. The molecule has 7 rings (SSSR count). The van der Waals surface area contributed by atoms with Crippen molar-refractivity contribution >= 4 is 87.8 Å². The van der Waals surface area contributed by atoms with Crippen LogP contribution in [-0.2, 0) is 71.6 Å². The molecule has 11 unspecified atom stereocenters. The molecule has 1 saturated carbocycles. The zero-order valence-corrected chi connectivity index (χ0v) is 49.6. The third-order valence-electron chi connectivity index (χ3n) is 14.3. The zero-order chi connectivity index (χ0) is 64.8. The lowest BCUT2D eigenvalue weighted by Gasteiger charge is -2.45. The average Bonchev–Trinajstić information content (AvgIpc) is 2.08. The minimum atomic E-state index is -1.55. The van der Waals surface area contributed by atoms with Crippen LogP contribution in [0.1, 0.15) is 48.0 Å². The number of imide groups is 1. The van der Waals surface area contributed by atoms with Crippen molar-refractivity contribution in [1.29, 1.82) is 0 Å². The molecule has 27 N–H and O–H groups in total. The number of amides is 5. The first-order chi connectivity index (χ1) is 40.3. The molecule has 5 saturated heterocycles. The second-order valence-electron chi connectivity index (χ2n) is 20.6. The van der Waals surface area contributed by atoms with E-state index in [4.69, 9.17) is 83.6 Å². The first kappa shape index (κ1) is 80.1. The minimum Gasteiger partial charge on any atom is -0.480 e. The molecule has 508 valence electrons. The van der Waals surface area contributed by atoms with Crippen molar-refractivity contribution in [1.82, 2.24) is 21.0 Å². The van der Waals surface area contributed by atoms with Gasteiger partial charge in [-0.15, -0.1) is 5.06 Å². The number of aliphatic carboxylic acids is 2. The van der Waals surface area contributed by atoms with Gasteiger partial charge in [0.1, 0.15) is 110 Å². The van der Waals surface area contributed by atoms with E-state index in [1.54, 1.807) is 0 Å². The smallest absolute Gasteiger partial charge is 0.334 e. The second kappa shape index (κ2) is 36.9. The minimum absolute atomic E-state index is 0. The average molecular weight is 1380 g/mol. The van der Waals surface area contributed by atoms with Crippen LogP contribution < -0.4 is 56.1 Å². The number of nitrogens with two attached hydrogens (primary N) is 7. The van der Waals surface area contributed by atoms with Crippen LogP contribution in [0.25, 0.3) is 0 Å². The summed E-state index contributed by atoms with van der Waals surface area (Å²) in [5.74, 6) is -4.75. The highest BCUT2D eigenvalue weighted by atomic mass is 79.9. The third kappa shape index (κ3) is 21.0. The van der Waals surface area contributed by atoms with Gasteiger partial charge in [0.05, 0.1) is 30.3 Å². The van der Waals surface area contributed by atoms with Crippen LogP contribution in [0.4, 0.5) is 0 Å². The molecule has 0 aromatic carbocycles. The number of alkyl halides is 1. The largest absolute Gasteiger partial charge is 0.480 e. The summed E-state index contributed by atoms with van der Waals surface area (Å²) < 4.78 is 32.1. The van der Waals surface area contributed by atoms with Crippen LogP contribution >= 0.6 is 40.3 Å². The number of hydroxylamine groups is 2. The standard InChI is InChI=1S/C19H35N5O11S.C12H12BrNO4.C11H24N4O7.C5H9NO3S.2CH4/c1-6(25)24-7(18(31)32)5-36-3-2-9(26)23-4-8-11(27)12(28)10(20)19(33-8)34-15-13(29)14(30)16(21)35-17(15)22;13-4-3-8(15)18-14-11(16)9-6-1-2-7(5-6)10(9)12(14)17;12-1-2-4(16)5(17)3(13)11(20-2)21-8-6(18)7(19)9(14)22-10(8)15;1-3(7)6-4(2-10)5(8)9;;/h7-8,10-17,19,27-30H,2-5,20-22H2,1H3,(H,23,26)(H,24,25)(H,31,32);1-2,6-7,9-10H,3-5H2;2-11,16-19H,1,12-15H2;4,10H,2H2,1H3,(H,6,7)(H,8,9);2*1H4/t7?,8?,10?,11-,12-,13-,14?,15+,16-,17?,19+;6?,7?,9-,10+;2?,3?,4-,5-,6-,7?,8+,9-,10?,11-;4-;;/m1.10../s1. The molecule has 39 heteroatoms. The van der Waals surface area contributed by atoms with E-state index in [1.807, 2.05) is 12.2 Å². The number of carboxylic acids is 2. The molecule has 0 aromatic heterocycles. The Hall–Kier alpha value is -3.96. The molecule has 6 fully saturated rings.